The van der Waals surface area contributed by atoms with E-state index in [1.807, 2.05) is 0 Å². The Morgan fingerprint density at radius 1 is 0.792 bits per heavy atom. The smallest absolute Gasteiger partial charge is 0.394 e. The molecule has 1 amide bonds. The minimum atomic E-state index is -4.67. The van der Waals surface area contributed by atoms with Gasteiger partial charge in [-0.05, 0) is 19.4 Å². The van der Waals surface area contributed by atoms with Gasteiger partial charge in [-0.3, -0.25) is 23.0 Å². The number of carbonyl (C=O) groups is 1. The van der Waals surface area contributed by atoms with Crippen LogP contribution < -0.4 is 28.3 Å². The van der Waals surface area contributed by atoms with Gasteiger partial charge < -0.3 is 82.9 Å². The van der Waals surface area contributed by atoms with E-state index < -0.39 is 125 Å². The van der Waals surface area contributed by atoms with Crippen molar-refractivity contribution in [3.63, 3.8) is 0 Å². The summed E-state index contributed by atoms with van der Waals surface area (Å²) < 4.78 is 85.9. The van der Waals surface area contributed by atoms with Gasteiger partial charge in [0.2, 0.25) is 5.91 Å². The maximum absolute atomic E-state index is 12.4. The molecule has 1 aliphatic carbocycles. The van der Waals surface area contributed by atoms with Gasteiger partial charge in [-0.25, -0.2) is 0 Å². The summed E-state index contributed by atoms with van der Waals surface area (Å²) in [7, 11) is -9.33. The summed E-state index contributed by atoms with van der Waals surface area (Å²) in [4.78, 5) is 12.4. The van der Waals surface area contributed by atoms with E-state index in [4.69, 9.17) is 76.9 Å². The van der Waals surface area contributed by atoms with Gasteiger partial charge >= 0.3 is 20.8 Å². The molecule has 27 heteroatoms. The Balaban J connectivity index is 0.00000100. The van der Waals surface area contributed by atoms with Gasteiger partial charge in [0.05, 0.1) is 18.7 Å². The Morgan fingerprint density at radius 3 is 1.73 bits per heavy atom. The van der Waals surface area contributed by atoms with Crippen molar-refractivity contribution in [2.24, 2.45) is 22.9 Å². The molecule has 0 radical (unpaired) electrons. The Labute approximate surface area is 273 Å². The molecular weight excluding hydrogens is 706 g/mol. The fraction of sp³-hybridized carbons (Fsp3) is 0.952. The molecule has 15 atom stereocenters. The number of amides is 1. The van der Waals surface area contributed by atoms with Crippen molar-refractivity contribution >= 4 is 26.7 Å². The lowest BCUT2D eigenvalue weighted by Gasteiger charge is -2.48. The van der Waals surface area contributed by atoms with Gasteiger partial charge in [-0.2, -0.15) is 16.8 Å². The lowest BCUT2D eigenvalue weighted by molar-refractivity contribution is -0.307. The predicted octanol–water partition coefficient (Wildman–Crippen LogP) is -9.09. The number of aliphatic hydroxyl groups excluding tert-OH is 7. The molecule has 3 fully saturated rings. The first-order valence-electron chi connectivity index (χ1n) is 13.9. The second-order valence-electron chi connectivity index (χ2n) is 10.7. The quantitative estimate of drug-likeness (QED) is 0.0921. The van der Waals surface area contributed by atoms with Crippen LogP contribution in [0.5, 0.6) is 0 Å². The monoisotopic (exact) mass is 751 g/mol. The molecule has 0 aromatic carbocycles. The maximum atomic E-state index is 12.4. The second kappa shape index (κ2) is 19.3. The third kappa shape index (κ3) is 14.1. The number of hydrogen-bond donors (Lipinski definition) is 16. The summed E-state index contributed by atoms with van der Waals surface area (Å²) in [5.74, 6) is -0.807. The van der Waals surface area contributed by atoms with Crippen LogP contribution in [0.25, 0.3) is 0 Å². The van der Waals surface area contributed by atoms with Gasteiger partial charge in [0.15, 0.2) is 12.6 Å². The van der Waals surface area contributed by atoms with Crippen molar-refractivity contribution in [3.05, 3.63) is 0 Å². The van der Waals surface area contributed by atoms with Crippen LogP contribution in [-0.2, 0) is 44.5 Å². The summed E-state index contributed by atoms with van der Waals surface area (Å²) in [5.41, 5.74) is 23.3. The first-order valence-corrected chi connectivity index (χ1v) is 16.7. The van der Waals surface area contributed by atoms with Crippen LogP contribution >= 0.6 is 0 Å². The topological polar surface area (TPSA) is 461 Å². The molecule has 2 heterocycles. The molecule has 48 heavy (non-hydrogen) atoms. The first kappa shape index (κ1) is 44.6. The van der Waals surface area contributed by atoms with Gasteiger partial charge in [0, 0.05) is 12.6 Å². The standard InChI is InChI=1S/C21H41N5O12.2H2O4S/c22-2-1-8(28)19(34)26-7-3-6(24)17(37-20-11(25)15(32)13(30)9(4-23)35-20)18(12(7)29)38-21-16(33)14(31)10(5-27)36-21;2*1-5(2,3)4/h6-18,20-21,27-33H,1-5,22-25H2,(H,26,34);2*(H2,1,2,3,4). The summed E-state index contributed by atoms with van der Waals surface area (Å²) in [6.07, 6.45) is -16.9. The van der Waals surface area contributed by atoms with Crippen LogP contribution in [0.15, 0.2) is 0 Å². The van der Waals surface area contributed by atoms with Crippen LogP contribution in [0.2, 0.25) is 0 Å². The van der Waals surface area contributed by atoms with Crippen LogP contribution in [0.3, 0.4) is 0 Å². The van der Waals surface area contributed by atoms with E-state index in [-0.39, 0.29) is 25.9 Å². The fourth-order valence-corrected chi connectivity index (χ4v) is 4.84. The zero-order valence-electron chi connectivity index (χ0n) is 24.9. The molecule has 2 aliphatic heterocycles. The normalized spacial score (nSPS) is 39.3. The molecule has 20 N–H and O–H groups in total. The van der Waals surface area contributed by atoms with Gasteiger partial charge in [0.25, 0.3) is 0 Å². The highest BCUT2D eigenvalue weighted by atomic mass is 32.3. The van der Waals surface area contributed by atoms with E-state index in [2.05, 4.69) is 5.32 Å². The van der Waals surface area contributed by atoms with Gasteiger partial charge in [0.1, 0.15) is 61.0 Å². The molecule has 286 valence electrons. The summed E-state index contributed by atoms with van der Waals surface area (Å²) in [6.45, 7) is -0.764. The molecule has 1 saturated carbocycles. The number of hydrogen-bond acceptors (Lipinski definition) is 20. The SMILES string of the molecule is NCCC(O)C(=O)NC1CC(N)C(OC2OC(CN)C(O)C(O)C2N)C(OC2OC(CO)C(O)C2O)C1O.O=S(=O)(O)O.O=S(=O)(O)O. The number of nitrogens with two attached hydrogens (primary N) is 4. The second-order valence-corrected chi connectivity index (χ2v) is 12.5. The highest BCUT2D eigenvalue weighted by molar-refractivity contribution is 7.80. The zero-order chi connectivity index (χ0) is 37.3. The molecule has 3 aliphatic rings. The molecule has 0 aromatic rings. The minimum absolute atomic E-state index is 0.0255. The largest absolute Gasteiger partial charge is 0.394 e. The predicted molar refractivity (Wildman–Crippen MR) is 154 cm³/mol. The summed E-state index contributed by atoms with van der Waals surface area (Å²) in [5, 5.41) is 74.0. The van der Waals surface area contributed by atoms with E-state index in [0.717, 1.165) is 0 Å². The molecule has 0 aromatic heterocycles. The molecular formula is C21H45N5O20S2. The Kier molecular flexibility index (Phi) is 17.9. The third-order valence-electron chi connectivity index (χ3n) is 7.15. The number of aliphatic hydroxyl groups is 7. The maximum Gasteiger partial charge on any atom is 0.394 e. The summed E-state index contributed by atoms with van der Waals surface area (Å²) >= 11 is 0. The summed E-state index contributed by atoms with van der Waals surface area (Å²) in [6, 6.07) is -3.29. The zero-order valence-corrected chi connectivity index (χ0v) is 26.5. The number of carbonyl (C=O) groups excluding carboxylic acids is 1. The number of ether oxygens (including phenoxy) is 4. The van der Waals surface area contributed by atoms with Crippen molar-refractivity contribution in [2.75, 3.05) is 19.7 Å². The van der Waals surface area contributed by atoms with Crippen LogP contribution in [0, 0.1) is 0 Å². The van der Waals surface area contributed by atoms with Gasteiger partial charge in [-0.1, -0.05) is 0 Å². The van der Waals surface area contributed by atoms with Crippen LogP contribution in [0.1, 0.15) is 12.8 Å². The number of nitrogens with one attached hydrogen (secondary N) is 1. The van der Waals surface area contributed by atoms with E-state index in [9.17, 15) is 40.5 Å². The molecule has 2 saturated heterocycles. The average molecular weight is 752 g/mol. The highest BCUT2D eigenvalue weighted by Gasteiger charge is 2.53. The first-order chi connectivity index (χ1) is 21.9. The van der Waals surface area contributed by atoms with Crippen molar-refractivity contribution < 1.29 is 94.5 Å². The highest BCUT2D eigenvalue weighted by Crippen LogP contribution is 2.32. The third-order valence-corrected chi connectivity index (χ3v) is 7.15. The lowest BCUT2D eigenvalue weighted by Crippen LogP contribution is -2.69. The molecule has 3 rings (SSSR count). The fourth-order valence-electron chi connectivity index (χ4n) is 4.84. The molecule has 0 bridgehead atoms. The van der Waals surface area contributed by atoms with Crippen molar-refractivity contribution in [1.82, 2.24) is 5.32 Å². The lowest BCUT2D eigenvalue weighted by atomic mass is 9.83. The van der Waals surface area contributed by atoms with Gasteiger partial charge in [-0.15, -0.1) is 0 Å². The number of rotatable bonds is 10. The van der Waals surface area contributed by atoms with E-state index in [0.29, 0.717) is 0 Å². The minimum Gasteiger partial charge on any atom is -0.394 e. The van der Waals surface area contributed by atoms with E-state index >= 15 is 0 Å². The van der Waals surface area contributed by atoms with E-state index in [1.165, 1.54) is 0 Å². The molecule has 15 unspecified atom stereocenters. The average Bonchev–Trinajstić information content (AvgIpc) is 3.23. The van der Waals surface area contributed by atoms with Crippen LogP contribution in [0.4, 0.5) is 0 Å². The Bertz CT molecular complexity index is 1160. The molecule has 0 spiro atoms. The molecule has 25 nitrogen and oxygen atoms in total. The Morgan fingerprint density at radius 2 is 1.27 bits per heavy atom. The van der Waals surface area contributed by atoms with Crippen molar-refractivity contribution in [1.29, 1.82) is 0 Å². The van der Waals surface area contributed by atoms with E-state index in [1.54, 1.807) is 0 Å². The van der Waals surface area contributed by atoms with Crippen molar-refractivity contribution in [2.45, 2.75) is 105 Å². The van der Waals surface area contributed by atoms with Crippen molar-refractivity contribution in [3.8, 4) is 0 Å². The van der Waals surface area contributed by atoms with Crippen LogP contribution in [-0.4, -0.2) is 188 Å². The Hall–Kier alpha value is -1.39.